The molecule has 0 unspecified atom stereocenters. The van der Waals surface area contributed by atoms with Crippen LogP contribution in [0.5, 0.6) is 0 Å². The van der Waals surface area contributed by atoms with Crippen molar-refractivity contribution < 1.29 is 19.8 Å². The summed E-state index contributed by atoms with van der Waals surface area (Å²) in [6.45, 7) is 1.84. The number of aliphatic carboxylic acids is 1. The number of piperidine rings is 1. The average Bonchev–Trinajstić information content (AvgIpc) is 2.80. The van der Waals surface area contributed by atoms with E-state index in [4.69, 9.17) is 5.11 Å². The minimum Gasteiger partial charge on any atom is -0.480 e. The molecule has 0 aromatic carbocycles. The number of nitrogens with zero attached hydrogens (tertiary/aromatic N) is 2. The number of aliphatic hydroxyl groups excluding tert-OH is 1. The van der Waals surface area contributed by atoms with Crippen LogP contribution in [0.4, 0.5) is 4.79 Å². The lowest BCUT2D eigenvalue weighted by atomic mass is 10.1. The number of amides is 2. The number of carbonyl (C=O) groups is 2. The highest BCUT2D eigenvalue weighted by atomic mass is 16.4. The van der Waals surface area contributed by atoms with Crippen molar-refractivity contribution in [3.8, 4) is 0 Å². The zero-order chi connectivity index (χ0) is 14.0. The normalized spacial score (nSPS) is 28.4. The molecule has 0 saturated carbocycles. The maximum absolute atomic E-state index is 12.4. The predicted molar refractivity (Wildman–Crippen MR) is 67.8 cm³/mol. The van der Waals surface area contributed by atoms with Gasteiger partial charge in [-0.15, -0.1) is 0 Å². The predicted octanol–water partition coefficient (Wildman–Crippen LogP) is -0.690. The molecule has 0 radical (unpaired) electrons. The maximum atomic E-state index is 12.4. The van der Waals surface area contributed by atoms with E-state index in [1.165, 1.54) is 4.90 Å². The van der Waals surface area contributed by atoms with Crippen molar-refractivity contribution >= 4 is 12.0 Å². The van der Waals surface area contributed by atoms with Gasteiger partial charge < -0.3 is 25.3 Å². The standard InChI is InChI=1S/C12H21N3O4/c1-14(8-2-4-13-5-3-8)12(19)15-7-9(16)6-10(15)11(17)18/h8-10,13,16H,2-7H2,1H3,(H,17,18)/t9-,10+/m1/s1. The van der Waals surface area contributed by atoms with Gasteiger partial charge in [-0.3, -0.25) is 0 Å². The Bertz CT molecular complexity index is 357. The minimum absolute atomic E-state index is 0.102. The van der Waals surface area contributed by atoms with Gasteiger partial charge in [-0.25, -0.2) is 9.59 Å². The van der Waals surface area contributed by atoms with Crippen molar-refractivity contribution in [3.63, 3.8) is 0 Å². The first-order valence-electron chi connectivity index (χ1n) is 6.65. The number of β-amino-alcohol motifs (C(OH)–C–C–N with tert-alkyl or cyclic N) is 1. The molecule has 0 aromatic rings. The minimum atomic E-state index is -1.05. The monoisotopic (exact) mass is 271 g/mol. The van der Waals surface area contributed by atoms with E-state index >= 15 is 0 Å². The molecule has 7 heteroatoms. The molecule has 2 amide bonds. The van der Waals surface area contributed by atoms with Crippen molar-refractivity contribution in [1.29, 1.82) is 0 Å². The summed E-state index contributed by atoms with van der Waals surface area (Å²) in [6, 6.07) is -1.07. The number of aliphatic hydroxyl groups is 1. The first-order chi connectivity index (χ1) is 9.00. The van der Waals surface area contributed by atoms with Gasteiger partial charge in [0.05, 0.1) is 6.10 Å². The molecule has 3 N–H and O–H groups in total. The van der Waals surface area contributed by atoms with E-state index in [1.807, 2.05) is 0 Å². The summed E-state index contributed by atoms with van der Waals surface area (Å²) in [5.74, 6) is -1.05. The van der Waals surface area contributed by atoms with Crippen molar-refractivity contribution in [1.82, 2.24) is 15.1 Å². The molecule has 2 rings (SSSR count). The Hall–Kier alpha value is -1.34. The summed E-state index contributed by atoms with van der Waals surface area (Å²) >= 11 is 0. The molecule has 0 aliphatic carbocycles. The fourth-order valence-electron chi connectivity index (χ4n) is 2.81. The molecule has 2 atom stereocenters. The van der Waals surface area contributed by atoms with Gasteiger partial charge in [-0.05, 0) is 25.9 Å². The van der Waals surface area contributed by atoms with Crippen LogP contribution < -0.4 is 5.32 Å². The molecular weight excluding hydrogens is 250 g/mol. The molecule has 2 aliphatic heterocycles. The SMILES string of the molecule is CN(C(=O)N1C[C@H](O)C[C@H]1C(=O)O)C1CCNCC1. The fourth-order valence-corrected chi connectivity index (χ4v) is 2.81. The van der Waals surface area contributed by atoms with Crippen LogP contribution in [0.2, 0.25) is 0 Å². The van der Waals surface area contributed by atoms with E-state index in [-0.39, 0.29) is 25.0 Å². The van der Waals surface area contributed by atoms with Crippen LogP contribution in [0.15, 0.2) is 0 Å². The molecule has 0 aromatic heterocycles. The Morgan fingerprint density at radius 2 is 1.95 bits per heavy atom. The number of carboxylic acids is 1. The van der Waals surface area contributed by atoms with E-state index < -0.39 is 18.1 Å². The third-order valence-corrected chi connectivity index (χ3v) is 3.97. The molecule has 2 heterocycles. The second-order valence-electron chi connectivity index (χ2n) is 5.27. The summed E-state index contributed by atoms with van der Waals surface area (Å²) in [5, 5.41) is 21.9. The van der Waals surface area contributed by atoms with Gasteiger partial charge >= 0.3 is 12.0 Å². The smallest absolute Gasteiger partial charge is 0.326 e. The Balaban J connectivity index is 2.02. The van der Waals surface area contributed by atoms with Crippen molar-refractivity contribution in [2.24, 2.45) is 0 Å². The van der Waals surface area contributed by atoms with Gasteiger partial charge in [0.1, 0.15) is 6.04 Å². The molecule has 0 spiro atoms. The Labute approximate surface area is 112 Å². The molecule has 7 nitrogen and oxygen atoms in total. The number of hydrogen-bond acceptors (Lipinski definition) is 4. The Morgan fingerprint density at radius 1 is 1.32 bits per heavy atom. The fraction of sp³-hybridized carbons (Fsp3) is 0.833. The van der Waals surface area contributed by atoms with Gasteiger partial charge in [0.25, 0.3) is 0 Å². The summed E-state index contributed by atoms with van der Waals surface area (Å²) in [5.41, 5.74) is 0. The van der Waals surface area contributed by atoms with Gasteiger partial charge in [0.2, 0.25) is 0 Å². The van der Waals surface area contributed by atoms with Crippen LogP contribution in [-0.2, 0) is 4.79 Å². The van der Waals surface area contributed by atoms with Crippen LogP contribution >= 0.6 is 0 Å². The molecule has 2 aliphatic rings. The summed E-state index contributed by atoms with van der Waals surface area (Å²) < 4.78 is 0. The highest BCUT2D eigenvalue weighted by molar-refractivity contribution is 5.83. The van der Waals surface area contributed by atoms with Gasteiger partial charge in [0, 0.05) is 26.1 Å². The average molecular weight is 271 g/mol. The van der Waals surface area contributed by atoms with E-state index in [2.05, 4.69) is 5.32 Å². The van der Waals surface area contributed by atoms with E-state index in [1.54, 1.807) is 11.9 Å². The number of carboxylic acid groups (broad SMARTS) is 1. The van der Waals surface area contributed by atoms with Gasteiger partial charge in [-0.2, -0.15) is 0 Å². The quantitative estimate of drug-likeness (QED) is 0.618. The number of likely N-dealkylation sites (tertiary alicyclic amines) is 1. The number of nitrogens with one attached hydrogen (secondary N) is 1. The second kappa shape index (κ2) is 5.75. The molecule has 108 valence electrons. The number of hydrogen-bond donors (Lipinski definition) is 3. The lowest BCUT2D eigenvalue weighted by Crippen LogP contribution is -2.52. The number of carbonyl (C=O) groups excluding carboxylic acids is 1. The summed E-state index contributed by atoms with van der Waals surface area (Å²) in [6.07, 6.45) is 1.11. The maximum Gasteiger partial charge on any atom is 0.326 e. The van der Waals surface area contributed by atoms with Crippen LogP contribution in [0.3, 0.4) is 0 Å². The first-order valence-corrected chi connectivity index (χ1v) is 6.65. The van der Waals surface area contributed by atoms with Crippen molar-refractivity contribution in [3.05, 3.63) is 0 Å². The number of urea groups is 1. The topological polar surface area (TPSA) is 93.1 Å². The van der Waals surface area contributed by atoms with Crippen molar-refractivity contribution in [2.75, 3.05) is 26.7 Å². The van der Waals surface area contributed by atoms with Crippen LogP contribution in [0.25, 0.3) is 0 Å². The summed E-state index contributed by atoms with van der Waals surface area (Å²) in [7, 11) is 1.71. The molecule has 0 bridgehead atoms. The van der Waals surface area contributed by atoms with Gasteiger partial charge in [-0.1, -0.05) is 0 Å². The molecule has 2 saturated heterocycles. The molecule has 19 heavy (non-hydrogen) atoms. The highest BCUT2D eigenvalue weighted by Gasteiger charge is 2.41. The van der Waals surface area contributed by atoms with E-state index in [0.29, 0.717) is 0 Å². The van der Waals surface area contributed by atoms with Crippen LogP contribution in [0.1, 0.15) is 19.3 Å². The second-order valence-corrected chi connectivity index (χ2v) is 5.27. The van der Waals surface area contributed by atoms with Crippen molar-refractivity contribution in [2.45, 2.75) is 37.5 Å². The number of rotatable bonds is 2. The molecular formula is C12H21N3O4. The van der Waals surface area contributed by atoms with Gasteiger partial charge in [0.15, 0.2) is 0 Å². The van der Waals surface area contributed by atoms with E-state index in [0.717, 1.165) is 25.9 Å². The third kappa shape index (κ3) is 2.98. The van der Waals surface area contributed by atoms with E-state index in [9.17, 15) is 14.7 Å². The zero-order valence-corrected chi connectivity index (χ0v) is 11.1. The summed E-state index contributed by atoms with van der Waals surface area (Å²) in [4.78, 5) is 26.4. The largest absolute Gasteiger partial charge is 0.480 e. The Morgan fingerprint density at radius 3 is 2.53 bits per heavy atom. The lowest BCUT2D eigenvalue weighted by Gasteiger charge is -2.35. The van der Waals surface area contributed by atoms with Crippen LogP contribution in [-0.4, -0.2) is 76.9 Å². The third-order valence-electron chi connectivity index (χ3n) is 3.97. The Kier molecular flexibility index (Phi) is 4.26. The highest BCUT2D eigenvalue weighted by Crippen LogP contribution is 2.21. The first kappa shape index (κ1) is 14.1. The van der Waals surface area contributed by atoms with Crippen LogP contribution in [0, 0.1) is 0 Å². The molecule has 2 fully saturated rings. The lowest BCUT2D eigenvalue weighted by molar-refractivity contribution is -0.141. The zero-order valence-electron chi connectivity index (χ0n) is 11.1.